The summed E-state index contributed by atoms with van der Waals surface area (Å²) in [5.41, 5.74) is 1.46. The molecule has 1 aromatic heterocycles. The largest absolute Gasteiger partial charge is 0.481 e. The number of aromatic nitrogens is 1. The first-order valence-electron chi connectivity index (χ1n) is 11.8. The van der Waals surface area contributed by atoms with Crippen LogP contribution in [0.3, 0.4) is 0 Å². The lowest BCUT2D eigenvalue weighted by atomic mass is 10.1. The van der Waals surface area contributed by atoms with Gasteiger partial charge < -0.3 is 26.4 Å². The topological polar surface area (TPSA) is 167 Å². The van der Waals surface area contributed by atoms with Crippen molar-refractivity contribution in [2.24, 2.45) is 0 Å². The molecule has 0 spiro atoms. The van der Waals surface area contributed by atoms with Crippen molar-refractivity contribution in [1.82, 2.24) is 26.3 Å². The van der Waals surface area contributed by atoms with Gasteiger partial charge in [0.15, 0.2) is 0 Å². The van der Waals surface area contributed by atoms with E-state index in [9.17, 15) is 24.0 Å². The van der Waals surface area contributed by atoms with Gasteiger partial charge in [-0.1, -0.05) is 30.3 Å². The molecule has 0 saturated heterocycles. The molecule has 37 heavy (non-hydrogen) atoms. The molecular formula is C26H33N5O6. The van der Waals surface area contributed by atoms with Crippen molar-refractivity contribution in [2.45, 2.75) is 51.6 Å². The normalized spacial score (nSPS) is 11.6. The number of hydrogen-bond donors (Lipinski definition) is 5. The fraction of sp³-hybridized carbons (Fsp3) is 0.385. The predicted molar refractivity (Wildman–Crippen MR) is 136 cm³/mol. The van der Waals surface area contributed by atoms with Gasteiger partial charge in [-0.3, -0.25) is 29.0 Å². The number of nitrogens with zero attached hydrogens (tertiary/aromatic N) is 1. The lowest BCUT2D eigenvalue weighted by molar-refractivity contribution is -0.139. The summed E-state index contributed by atoms with van der Waals surface area (Å²) >= 11 is 0. The monoisotopic (exact) mass is 511 g/mol. The fourth-order valence-electron chi connectivity index (χ4n) is 3.29. The summed E-state index contributed by atoms with van der Waals surface area (Å²) in [4.78, 5) is 64.4. The standard InChI is InChI=1S/C26H33N5O6/c1-26(2,3)31-22(33)16-20(30-21(32)9-10-23(34)35)25(37)29-14-13-28-24(36)19-15-18(11-12-27-19)17-7-5-4-6-8-17/h4-8,11-12,15,20H,9-10,13-14,16H2,1-3H3,(H,28,36)(H,29,37)(H,30,32)(H,31,33)(H,34,35)/t20-/m0/s1. The number of hydrogen-bond acceptors (Lipinski definition) is 6. The molecule has 1 heterocycles. The van der Waals surface area contributed by atoms with Crippen LogP contribution in [0.5, 0.6) is 0 Å². The van der Waals surface area contributed by atoms with E-state index in [0.717, 1.165) is 11.1 Å². The minimum atomic E-state index is -1.21. The second-order valence-corrected chi connectivity index (χ2v) is 9.36. The molecule has 0 fully saturated rings. The van der Waals surface area contributed by atoms with Gasteiger partial charge in [0, 0.05) is 31.2 Å². The van der Waals surface area contributed by atoms with Crippen molar-refractivity contribution >= 4 is 29.6 Å². The zero-order valence-corrected chi connectivity index (χ0v) is 21.2. The predicted octanol–water partition coefficient (Wildman–Crippen LogP) is 1.25. The van der Waals surface area contributed by atoms with E-state index in [-0.39, 0.29) is 31.6 Å². The van der Waals surface area contributed by atoms with Crippen LogP contribution in [0.15, 0.2) is 48.7 Å². The maximum Gasteiger partial charge on any atom is 0.303 e. The first-order valence-corrected chi connectivity index (χ1v) is 11.8. The molecule has 0 saturated carbocycles. The Hall–Kier alpha value is -4.28. The Morgan fingerprint density at radius 3 is 2.22 bits per heavy atom. The summed E-state index contributed by atoms with van der Waals surface area (Å²) < 4.78 is 0. The number of pyridine rings is 1. The average Bonchev–Trinajstić information content (AvgIpc) is 2.84. The van der Waals surface area contributed by atoms with Gasteiger partial charge in [-0.25, -0.2) is 0 Å². The van der Waals surface area contributed by atoms with E-state index in [1.165, 1.54) is 0 Å². The number of carboxylic acids is 1. The minimum absolute atomic E-state index is 0.0331. The smallest absolute Gasteiger partial charge is 0.303 e. The Labute approximate surface area is 215 Å². The third kappa shape index (κ3) is 10.9. The molecule has 0 aliphatic rings. The molecule has 0 unspecified atom stereocenters. The summed E-state index contributed by atoms with van der Waals surface area (Å²) in [6.07, 6.45) is 0.481. The van der Waals surface area contributed by atoms with Gasteiger partial charge in [0.05, 0.1) is 12.8 Å². The van der Waals surface area contributed by atoms with E-state index in [2.05, 4.69) is 26.3 Å². The van der Waals surface area contributed by atoms with Crippen LogP contribution in [0.4, 0.5) is 0 Å². The van der Waals surface area contributed by atoms with Crippen molar-refractivity contribution in [3.8, 4) is 11.1 Å². The quantitative estimate of drug-likeness (QED) is 0.267. The maximum atomic E-state index is 12.7. The van der Waals surface area contributed by atoms with Crippen LogP contribution in [-0.2, 0) is 19.2 Å². The number of aliphatic carboxylic acids is 1. The highest BCUT2D eigenvalue weighted by atomic mass is 16.4. The van der Waals surface area contributed by atoms with E-state index in [1.54, 1.807) is 39.1 Å². The number of nitrogens with one attached hydrogen (secondary N) is 4. The zero-order valence-electron chi connectivity index (χ0n) is 21.2. The summed E-state index contributed by atoms with van der Waals surface area (Å²) in [7, 11) is 0. The van der Waals surface area contributed by atoms with E-state index in [1.807, 2.05) is 30.3 Å². The van der Waals surface area contributed by atoms with Crippen LogP contribution in [0.1, 0.15) is 50.5 Å². The molecule has 198 valence electrons. The number of carbonyl (C=O) groups excluding carboxylic acids is 4. The Morgan fingerprint density at radius 2 is 1.57 bits per heavy atom. The molecular weight excluding hydrogens is 478 g/mol. The maximum absolute atomic E-state index is 12.7. The third-order valence-electron chi connectivity index (χ3n) is 4.93. The molecule has 0 aliphatic carbocycles. The minimum Gasteiger partial charge on any atom is -0.481 e. The van der Waals surface area contributed by atoms with Crippen LogP contribution in [0.2, 0.25) is 0 Å². The molecule has 1 aromatic carbocycles. The first kappa shape index (κ1) is 29.0. The van der Waals surface area contributed by atoms with Crippen LogP contribution >= 0.6 is 0 Å². The number of carbonyl (C=O) groups is 5. The van der Waals surface area contributed by atoms with Crippen molar-refractivity contribution in [1.29, 1.82) is 0 Å². The van der Waals surface area contributed by atoms with Crippen LogP contribution in [0, 0.1) is 0 Å². The fourth-order valence-corrected chi connectivity index (χ4v) is 3.29. The number of amides is 4. The molecule has 11 heteroatoms. The summed E-state index contributed by atoms with van der Waals surface area (Å²) in [5.74, 6) is -3.32. The highest BCUT2D eigenvalue weighted by molar-refractivity contribution is 5.94. The first-order chi connectivity index (χ1) is 17.4. The highest BCUT2D eigenvalue weighted by Crippen LogP contribution is 2.18. The summed E-state index contributed by atoms with van der Waals surface area (Å²) in [6.45, 7) is 5.44. The van der Waals surface area contributed by atoms with Crippen molar-refractivity contribution in [3.63, 3.8) is 0 Å². The van der Waals surface area contributed by atoms with Crippen LogP contribution in [0.25, 0.3) is 11.1 Å². The molecule has 5 N–H and O–H groups in total. The van der Waals surface area contributed by atoms with Crippen LogP contribution in [-0.4, -0.2) is 64.4 Å². The van der Waals surface area contributed by atoms with Crippen LogP contribution < -0.4 is 21.3 Å². The van der Waals surface area contributed by atoms with Gasteiger partial charge in [-0.15, -0.1) is 0 Å². The molecule has 1 atom stereocenters. The Balaban J connectivity index is 1.91. The Bertz CT molecular complexity index is 1110. The van der Waals surface area contributed by atoms with E-state index in [4.69, 9.17) is 5.11 Å². The third-order valence-corrected chi connectivity index (χ3v) is 4.93. The molecule has 4 amide bonds. The van der Waals surface area contributed by atoms with E-state index >= 15 is 0 Å². The Morgan fingerprint density at radius 1 is 0.892 bits per heavy atom. The number of carboxylic acid groups (broad SMARTS) is 1. The molecule has 0 bridgehead atoms. The van der Waals surface area contributed by atoms with E-state index < -0.39 is 47.6 Å². The zero-order chi connectivity index (χ0) is 27.4. The van der Waals surface area contributed by atoms with Gasteiger partial charge in [0.2, 0.25) is 17.7 Å². The van der Waals surface area contributed by atoms with Gasteiger partial charge in [0.1, 0.15) is 11.7 Å². The van der Waals surface area contributed by atoms with Gasteiger partial charge in [0.25, 0.3) is 5.91 Å². The lowest BCUT2D eigenvalue weighted by Gasteiger charge is -2.23. The van der Waals surface area contributed by atoms with Gasteiger partial charge in [-0.05, 0) is 44.0 Å². The van der Waals surface area contributed by atoms with Gasteiger partial charge in [-0.2, -0.15) is 0 Å². The molecule has 2 rings (SSSR count). The van der Waals surface area contributed by atoms with E-state index in [0.29, 0.717) is 0 Å². The molecule has 2 aromatic rings. The van der Waals surface area contributed by atoms with Gasteiger partial charge >= 0.3 is 5.97 Å². The van der Waals surface area contributed by atoms with Crippen molar-refractivity contribution < 1.29 is 29.1 Å². The second kappa shape index (κ2) is 13.7. The summed E-state index contributed by atoms with van der Waals surface area (Å²) in [5, 5.41) is 19.1. The molecule has 11 nitrogen and oxygen atoms in total. The van der Waals surface area contributed by atoms with Crippen molar-refractivity contribution in [3.05, 3.63) is 54.4 Å². The lowest BCUT2D eigenvalue weighted by Crippen LogP contribution is -2.51. The highest BCUT2D eigenvalue weighted by Gasteiger charge is 2.25. The van der Waals surface area contributed by atoms with Crippen molar-refractivity contribution in [2.75, 3.05) is 13.1 Å². The second-order valence-electron chi connectivity index (χ2n) is 9.36. The Kier molecular flexibility index (Phi) is 10.7. The summed E-state index contributed by atoms with van der Waals surface area (Å²) in [6, 6.07) is 11.8. The average molecular weight is 512 g/mol. The number of rotatable bonds is 12. The molecule has 0 aliphatic heterocycles. The SMILES string of the molecule is CC(C)(C)NC(=O)C[C@H](NC(=O)CCC(=O)O)C(=O)NCCNC(=O)c1cc(-c2ccccc2)ccn1. The molecule has 0 radical (unpaired) electrons. The number of benzene rings is 1.